The number of nitrogens with zero attached hydrogens (tertiary/aromatic N) is 3. The summed E-state index contributed by atoms with van der Waals surface area (Å²) in [6.07, 6.45) is 0. The standard InChI is InChI=1S/C11H13N3O3/c1-2-17-6-5-14-10-7-8(11(15)16)3-4-9(10)12-13-14/h3-4,7H,2,5-6H2,1H3,(H,15,16). The van der Waals surface area contributed by atoms with Gasteiger partial charge in [0.2, 0.25) is 0 Å². The van der Waals surface area contributed by atoms with Gasteiger partial charge in [-0.25, -0.2) is 9.48 Å². The smallest absolute Gasteiger partial charge is 0.335 e. The van der Waals surface area contributed by atoms with E-state index < -0.39 is 5.97 Å². The summed E-state index contributed by atoms with van der Waals surface area (Å²) in [7, 11) is 0. The fraction of sp³-hybridized carbons (Fsp3) is 0.364. The molecule has 17 heavy (non-hydrogen) atoms. The van der Waals surface area contributed by atoms with Crippen LogP contribution in [0.15, 0.2) is 18.2 Å². The first-order chi connectivity index (χ1) is 8.22. The highest BCUT2D eigenvalue weighted by Gasteiger charge is 2.08. The van der Waals surface area contributed by atoms with Crippen molar-refractivity contribution < 1.29 is 14.6 Å². The van der Waals surface area contributed by atoms with Gasteiger partial charge in [0, 0.05) is 6.61 Å². The van der Waals surface area contributed by atoms with E-state index in [2.05, 4.69) is 10.3 Å². The maximum absolute atomic E-state index is 10.9. The molecule has 0 saturated carbocycles. The van der Waals surface area contributed by atoms with Crippen molar-refractivity contribution in [1.29, 1.82) is 0 Å². The van der Waals surface area contributed by atoms with E-state index in [1.165, 1.54) is 6.07 Å². The topological polar surface area (TPSA) is 77.2 Å². The lowest BCUT2D eigenvalue weighted by Gasteiger charge is -2.02. The number of hydrogen-bond donors (Lipinski definition) is 1. The summed E-state index contributed by atoms with van der Waals surface area (Å²) < 4.78 is 6.88. The summed E-state index contributed by atoms with van der Waals surface area (Å²) in [5, 5.41) is 16.8. The number of benzene rings is 1. The number of ether oxygens (including phenoxy) is 1. The average Bonchev–Trinajstić information content (AvgIpc) is 2.72. The van der Waals surface area contributed by atoms with Gasteiger partial charge in [-0.05, 0) is 25.1 Å². The maximum atomic E-state index is 10.9. The van der Waals surface area contributed by atoms with E-state index in [-0.39, 0.29) is 5.56 Å². The molecule has 0 amide bonds. The molecule has 0 spiro atoms. The van der Waals surface area contributed by atoms with E-state index >= 15 is 0 Å². The Balaban J connectivity index is 2.30. The van der Waals surface area contributed by atoms with Crippen molar-refractivity contribution in [3.8, 4) is 0 Å². The first-order valence-corrected chi connectivity index (χ1v) is 5.36. The first kappa shape index (κ1) is 11.5. The molecule has 0 saturated heterocycles. The van der Waals surface area contributed by atoms with Crippen molar-refractivity contribution in [3.05, 3.63) is 23.8 Å². The molecule has 0 unspecified atom stereocenters. The number of rotatable bonds is 5. The molecule has 0 bridgehead atoms. The van der Waals surface area contributed by atoms with Gasteiger partial charge in [0.05, 0.1) is 24.2 Å². The molecule has 6 nitrogen and oxygen atoms in total. The van der Waals surface area contributed by atoms with E-state index in [1.54, 1.807) is 16.8 Å². The van der Waals surface area contributed by atoms with Crippen molar-refractivity contribution in [2.24, 2.45) is 0 Å². The molecular weight excluding hydrogens is 222 g/mol. The Kier molecular flexibility index (Phi) is 3.34. The van der Waals surface area contributed by atoms with E-state index in [4.69, 9.17) is 9.84 Å². The fourth-order valence-corrected chi connectivity index (χ4v) is 1.56. The van der Waals surface area contributed by atoms with Crippen LogP contribution in [0.4, 0.5) is 0 Å². The van der Waals surface area contributed by atoms with E-state index in [1.807, 2.05) is 6.92 Å². The van der Waals surface area contributed by atoms with Crippen LogP contribution in [0.3, 0.4) is 0 Å². The molecule has 1 N–H and O–H groups in total. The van der Waals surface area contributed by atoms with E-state index in [0.717, 1.165) is 0 Å². The lowest BCUT2D eigenvalue weighted by atomic mass is 10.2. The summed E-state index contributed by atoms with van der Waals surface area (Å²) in [6.45, 7) is 3.66. The van der Waals surface area contributed by atoms with E-state index in [9.17, 15) is 4.79 Å². The summed E-state index contributed by atoms with van der Waals surface area (Å²) >= 11 is 0. The molecule has 0 aliphatic rings. The SMILES string of the molecule is CCOCCn1nnc2ccc(C(=O)O)cc21. The third kappa shape index (κ3) is 2.42. The molecule has 0 radical (unpaired) electrons. The average molecular weight is 235 g/mol. The van der Waals surface area contributed by atoms with Gasteiger partial charge in [-0.1, -0.05) is 5.21 Å². The minimum absolute atomic E-state index is 0.234. The molecular formula is C11H13N3O3. The first-order valence-electron chi connectivity index (χ1n) is 5.36. The predicted octanol–water partition coefficient (Wildman–Crippen LogP) is 1.17. The third-order valence-corrected chi connectivity index (χ3v) is 2.41. The lowest BCUT2D eigenvalue weighted by molar-refractivity contribution is 0.0697. The van der Waals surface area contributed by atoms with Crippen LogP contribution in [-0.2, 0) is 11.3 Å². The zero-order chi connectivity index (χ0) is 12.3. The molecule has 1 aromatic carbocycles. The number of aromatic carboxylic acids is 1. The van der Waals surface area contributed by atoms with Gasteiger partial charge >= 0.3 is 5.97 Å². The van der Waals surface area contributed by atoms with Gasteiger partial charge in [0.15, 0.2) is 0 Å². The van der Waals surface area contributed by atoms with Gasteiger partial charge in [-0.3, -0.25) is 0 Å². The van der Waals surface area contributed by atoms with Crippen molar-refractivity contribution in [1.82, 2.24) is 15.0 Å². The molecule has 0 aliphatic heterocycles. The van der Waals surface area contributed by atoms with Crippen molar-refractivity contribution >= 4 is 17.0 Å². The van der Waals surface area contributed by atoms with Crippen molar-refractivity contribution in [2.75, 3.05) is 13.2 Å². The van der Waals surface area contributed by atoms with Crippen LogP contribution in [0.1, 0.15) is 17.3 Å². The minimum Gasteiger partial charge on any atom is -0.478 e. The molecule has 0 atom stereocenters. The van der Waals surface area contributed by atoms with Crippen LogP contribution in [0.5, 0.6) is 0 Å². The summed E-state index contributed by atoms with van der Waals surface area (Å²) in [4.78, 5) is 10.9. The Bertz CT molecular complexity index is 536. The van der Waals surface area contributed by atoms with E-state index in [0.29, 0.717) is 30.8 Å². The second-order valence-electron chi connectivity index (χ2n) is 3.52. The van der Waals surface area contributed by atoms with Gasteiger partial charge < -0.3 is 9.84 Å². The quantitative estimate of drug-likeness (QED) is 0.787. The lowest BCUT2D eigenvalue weighted by Crippen LogP contribution is -2.07. The number of carboxylic acid groups (broad SMARTS) is 1. The van der Waals surface area contributed by atoms with Crippen LogP contribution in [0, 0.1) is 0 Å². The summed E-state index contributed by atoms with van der Waals surface area (Å²) in [6, 6.07) is 4.75. The Morgan fingerprint density at radius 1 is 1.53 bits per heavy atom. The summed E-state index contributed by atoms with van der Waals surface area (Å²) in [5.41, 5.74) is 1.63. The van der Waals surface area contributed by atoms with Crippen molar-refractivity contribution in [3.63, 3.8) is 0 Å². The molecule has 2 aromatic rings. The highest BCUT2D eigenvalue weighted by Crippen LogP contribution is 2.13. The largest absolute Gasteiger partial charge is 0.478 e. The predicted molar refractivity (Wildman–Crippen MR) is 61.0 cm³/mol. The Labute approximate surface area is 97.8 Å². The Morgan fingerprint density at radius 2 is 2.35 bits per heavy atom. The highest BCUT2D eigenvalue weighted by atomic mass is 16.5. The number of fused-ring (bicyclic) bond motifs is 1. The third-order valence-electron chi connectivity index (χ3n) is 2.41. The molecule has 0 fully saturated rings. The van der Waals surface area contributed by atoms with Gasteiger partial charge in [-0.15, -0.1) is 5.10 Å². The normalized spacial score (nSPS) is 10.9. The zero-order valence-corrected chi connectivity index (χ0v) is 9.46. The molecule has 0 aliphatic carbocycles. The molecule has 2 rings (SSSR count). The molecule has 1 aromatic heterocycles. The summed E-state index contributed by atoms with van der Waals surface area (Å²) in [5.74, 6) is -0.954. The van der Waals surface area contributed by atoms with Gasteiger partial charge in [0.25, 0.3) is 0 Å². The second-order valence-corrected chi connectivity index (χ2v) is 3.52. The maximum Gasteiger partial charge on any atom is 0.335 e. The monoisotopic (exact) mass is 235 g/mol. The Morgan fingerprint density at radius 3 is 3.06 bits per heavy atom. The second kappa shape index (κ2) is 4.92. The number of carboxylic acids is 1. The zero-order valence-electron chi connectivity index (χ0n) is 9.46. The molecule has 90 valence electrons. The van der Waals surface area contributed by atoms with Crippen LogP contribution in [0.2, 0.25) is 0 Å². The van der Waals surface area contributed by atoms with Crippen LogP contribution < -0.4 is 0 Å². The fourth-order valence-electron chi connectivity index (χ4n) is 1.56. The van der Waals surface area contributed by atoms with Crippen LogP contribution in [-0.4, -0.2) is 39.3 Å². The van der Waals surface area contributed by atoms with Crippen LogP contribution >= 0.6 is 0 Å². The number of carbonyl (C=O) groups is 1. The highest BCUT2D eigenvalue weighted by molar-refractivity contribution is 5.92. The van der Waals surface area contributed by atoms with Gasteiger partial charge in [-0.2, -0.15) is 0 Å². The Hall–Kier alpha value is -1.95. The molecule has 1 heterocycles. The molecule has 6 heteroatoms. The van der Waals surface area contributed by atoms with Crippen molar-refractivity contribution in [2.45, 2.75) is 13.5 Å². The van der Waals surface area contributed by atoms with Gasteiger partial charge in [0.1, 0.15) is 5.52 Å². The number of aromatic nitrogens is 3. The number of hydrogen-bond acceptors (Lipinski definition) is 4. The minimum atomic E-state index is -0.954. The van der Waals surface area contributed by atoms with Crippen LogP contribution in [0.25, 0.3) is 11.0 Å².